The zero-order valence-corrected chi connectivity index (χ0v) is 10.9. The van der Waals surface area contributed by atoms with E-state index >= 15 is 0 Å². The largest absolute Gasteiger partial charge is 0.316 e. The number of hydrogen-bond donors (Lipinski definition) is 1. The fraction of sp³-hybridized carbons (Fsp3) is 0.375. The van der Waals surface area contributed by atoms with Crippen molar-refractivity contribution in [3.05, 3.63) is 48.0 Å². The van der Waals surface area contributed by atoms with Gasteiger partial charge in [0.05, 0.1) is 0 Å². The van der Waals surface area contributed by atoms with Gasteiger partial charge in [-0.15, -0.1) is 0 Å². The summed E-state index contributed by atoms with van der Waals surface area (Å²) >= 11 is 0. The van der Waals surface area contributed by atoms with Gasteiger partial charge >= 0.3 is 0 Å². The second kappa shape index (κ2) is 5.33. The lowest BCUT2D eigenvalue weighted by Gasteiger charge is -2.22. The van der Waals surface area contributed by atoms with E-state index in [1.807, 2.05) is 7.05 Å². The van der Waals surface area contributed by atoms with Gasteiger partial charge in [0.2, 0.25) is 0 Å². The van der Waals surface area contributed by atoms with Gasteiger partial charge in [-0.05, 0) is 35.7 Å². The van der Waals surface area contributed by atoms with Gasteiger partial charge in [0, 0.05) is 6.04 Å². The van der Waals surface area contributed by atoms with Crippen LogP contribution in [-0.4, -0.2) is 13.1 Å². The molecule has 2 aromatic rings. The van der Waals surface area contributed by atoms with E-state index in [4.69, 9.17) is 0 Å². The third kappa shape index (κ3) is 2.50. The van der Waals surface area contributed by atoms with Crippen LogP contribution in [0.4, 0.5) is 0 Å². The Labute approximate surface area is 104 Å². The summed E-state index contributed by atoms with van der Waals surface area (Å²) in [4.78, 5) is 0. The van der Waals surface area contributed by atoms with Crippen LogP contribution in [0.15, 0.2) is 42.5 Å². The second-order valence-corrected chi connectivity index (χ2v) is 4.70. The first-order chi connectivity index (χ1) is 8.26. The zero-order valence-electron chi connectivity index (χ0n) is 10.9. The molecule has 0 bridgehead atoms. The maximum Gasteiger partial charge on any atom is 0.0127 e. The Balaban J connectivity index is 2.35. The summed E-state index contributed by atoms with van der Waals surface area (Å²) in [5.41, 5.74) is 1.42. The van der Waals surface area contributed by atoms with Crippen LogP contribution in [0.2, 0.25) is 0 Å². The average Bonchev–Trinajstić information content (AvgIpc) is 2.39. The van der Waals surface area contributed by atoms with Crippen molar-refractivity contribution in [3.63, 3.8) is 0 Å². The standard InChI is InChI=1S/C16H21N/c1-4-16(17-3)12(2)14-10-9-13-7-5-6-8-15(13)11-14/h5-12,16-17H,4H2,1-3H3. The van der Waals surface area contributed by atoms with Crippen LogP contribution >= 0.6 is 0 Å². The molecule has 17 heavy (non-hydrogen) atoms. The quantitative estimate of drug-likeness (QED) is 0.834. The molecule has 1 nitrogen and oxygen atoms in total. The minimum atomic E-state index is 0.551. The molecular formula is C16H21N. The molecule has 0 amide bonds. The summed E-state index contributed by atoms with van der Waals surface area (Å²) in [6.45, 7) is 4.54. The summed E-state index contributed by atoms with van der Waals surface area (Å²) in [6, 6.07) is 15.9. The van der Waals surface area contributed by atoms with E-state index in [-0.39, 0.29) is 0 Å². The highest BCUT2D eigenvalue weighted by Gasteiger charge is 2.15. The van der Waals surface area contributed by atoms with E-state index in [2.05, 4.69) is 61.6 Å². The van der Waals surface area contributed by atoms with Crippen molar-refractivity contribution in [1.82, 2.24) is 5.32 Å². The number of benzene rings is 2. The minimum absolute atomic E-state index is 0.551. The molecule has 1 N–H and O–H groups in total. The Morgan fingerprint density at radius 3 is 2.41 bits per heavy atom. The van der Waals surface area contributed by atoms with Crippen LogP contribution in [0, 0.1) is 0 Å². The Morgan fingerprint density at radius 2 is 1.76 bits per heavy atom. The zero-order chi connectivity index (χ0) is 12.3. The van der Waals surface area contributed by atoms with Gasteiger partial charge in [-0.2, -0.15) is 0 Å². The van der Waals surface area contributed by atoms with Crippen molar-refractivity contribution in [2.45, 2.75) is 32.2 Å². The lowest BCUT2D eigenvalue weighted by atomic mass is 9.90. The van der Waals surface area contributed by atoms with Gasteiger partial charge in [-0.25, -0.2) is 0 Å². The summed E-state index contributed by atoms with van der Waals surface area (Å²) < 4.78 is 0. The highest BCUT2D eigenvalue weighted by Crippen LogP contribution is 2.24. The molecule has 0 spiro atoms. The van der Waals surface area contributed by atoms with Crippen LogP contribution in [0.3, 0.4) is 0 Å². The minimum Gasteiger partial charge on any atom is -0.316 e. The Hall–Kier alpha value is -1.34. The number of nitrogens with one attached hydrogen (secondary N) is 1. The normalized spacial score (nSPS) is 14.8. The molecule has 0 heterocycles. The van der Waals surface area contributed by atoms with Gasteiger partial charge in [-0.3, -0.25) is 0 Å². The SMILES string of the molecule is CCC(NC)C(C)c1ccc2ccccc2c1. The van der Waals surface area contributed by atoms with Crippen LogP contribution < -0.4 is 5.32 Å². The van der Waals surface area contributed by atoms with E-state index in [0.29, 0.717) is 12.0 Å². The number of hydrogen-bond acceptors (Lipinski definition) is 1. The average molecular weight is 227 g/mol. The van der Waals surface area contributed by atoms with E-state index in [1.54, 1.807) is 0 Å². The third-order valence-corrected chi connectivity index (χ3v) is 3.71. The lowest BCUT2D eigenvalue weighted by Crippen LogP contribution is -2.29. The number of rotatable bonds is 4. The Kier molecular flexibility index (Phi) is 3.80. The molecule has 2 unspecified atom stereocenters. The van der Waals surface area contributed by atoms with Crippen LogP contribution in [0.1, 0.15) is 31.7 Å². The van der Waals surface area contributed by atoms with Crippen molar-refractivity contribution in [2.75, 3.05) is 7.05 Å². The predicted molar refractivity (Wildman–Crippen MR) is 75.5 cm³/mol. The first-order valence-corrected chi connectivity index (χ1v) is 6.42. The van der Waals surface area contributed by atoms with Crippen LogP contribution in [-0.2, 0) is 0 Å². The van der Waals surface area contributed by atoms with Gasteiger partial charge in [0.15, 0.2) is 0 Å². The molecule has 90 valence electrons. The van der Waals surface area contributed by atoms with Gasteiger partial charge in [-0.1, -0.05) is 56.3 Å². The van der Waals surface area contributed by atoms with Crippen LogP contribution in [0.5, 0.6) is 0 Å². The topological polar surface area (TPSA) is 12.0 Å². The fourth-order valence-corrected chi connectivity index (χ4v) is 2.53. The van der Waals surface area contributed by atoms with Crippen molar-refractivity contribution in [3.8, 4) is 0 Å². The molecule has 2 aromatic carbocycles. The van der Waals surface area contributed by atoms with Crippen molar-refractivity contribution < 1.29 is 0 Å². The smallest absolute Gasteiger partial charge is 0.0127 e. The fourth-order valence-electron chi connectivity index (χ4n) is 2.53. The monoisotopic (exact) mass is 227 g/mol. The summed E-state index contributed by atoms with van der Waals surface area (Å²) in [5, 5.41) is 6.05. The highest BCUT2D eigenvalue weighted by atomic mass is 14.9. The van der Waals surface area contributed by atoms with E-state index in [9.17, 15) is 0 Å². The predicted octanol–water partition coefficient (Wildman–Crippen LogP) is 3.94. The van der Waals surface area contributed by atoms with Crippen molar-refractivity contribution in [2.24, 2.45) is 0 Å². The molecule has 0 saturated carbocycles. The summed E-state index contributed by atoms with van der Waals surface area (Å²) in [6.07, 6.45) is 1.16. The molecular weight excluding hydrogens is 206 g/mol. The molecule has 2 rings (SSSR count). The first kappa shape index (κ1) is 12.1. The molecule has 2 atom stereocenters. The lowest BCUT2D eigenvalue weighted by molar-refractivity contribution is 0.473. The molecule has 0 aliphatic heterocycles. The first-order valence-electron chi connectivity index (χ1n) is 6.42. The Bertz CT molecular complexity index is 486. The Morgan fingerprint density at radius 1 is 1.06 bits per heavy atom. The maximum atomic E-state index is 3.40. The van der Waals surface area contributed by atoms with Crippen molar-refractivity contribution >= 4 is 10.8 Å². The molecule has 0 saturated heterocycles. The maximum absolute atomic E-state index is 3.40. The van der Waals surface area contributed by atoms with E-state index in [0.717, 1.165) is 6.42 Å². The van der Waals surface area contributed by atoms with Gasteiger partial charge in [0.25, 0.3) is 0 Å². The molecule has 1 heteroatoms. The van der Waals surface area contributed by atoms with Crippen LogP contribution in [0.25, 0.3) is 10.8 Å². The van der Waals surface area contributed by atoms with Crippen molar-refractivity contribution in [1.29, 1.82) is 0 Å². The molecule has 0 aliphatic rings. The summed E-state index contributed by atoms with van der Waals surface area (Å²) in [7, 11) is 2.05. The highest BCUT2D eigenvalue weighted by molar-refractivity contribution is 5.83. The summed E-state index contributed by atoms with van der Waals surface area (Å²) in [5.74, 6) is 0.551. The molecule has 0 radical (unpaired) electrons. The molecule has 0 aliphatic carbocycles. The molecule has 0 fully saturated rings. The third-order valence-electron chi connectivity index (χ3n) is 3.71. The van der Waals surface area contributed by atoms with E-state index in [1.165, 1.54) is 16.3 Å². The van der Waals surface area contributed by atoms with Gasteiger partial charge < -0.3 is 5.32 Å². The van der Waals surface area contributed by atoms with Gasteiger partial charge in [0.1, 0.15) is 0 Å². The molecule has 0 aromatic heterocycles. The number of fused-ring (bicyclic) bond motifs is 1. The second-order valence-electron chi connectivity index (χ2n) is 4.70. The number of likely N-dealkylation sites (N-methyl/N-ethyl adjacent to an activating group) is 1. The van der Waals surface area contributed by atoms with E-state index < -0.39 is 0 Å².